The molecular formula is C20H30N2O3. The molecule has 1 fully saturated rings. The van der Waals surface area contributed by atoms with Gasteiger partial charge in [-0.2, -0.15) is 0 Å². The van der Waals surface area contributed by atoms with Crippen molar-refractivity contribution in [2.45, 2.75) is 39.7 Å². The summed E-state index contributed by atoms with van der Waals surface area (Å²) in [7, 11) is 0. The van der Waals surface area contributed by atoms with Crippen LogP contribution in [0.1, 0.15) is 31.9 Å². The van der Waals surface area contributed by atoms with Crippen LogP contribution in [0.15, 0.2) is 18.2 Å². The highest BCUT2D eigenvalue weighted by Gasteiger charge is 2.27. The van der Waals surface area contributed by atoms with Crippen LogP contribution >= 0.6 is 0 Å². The van der Waals surface area contributed by atoms with E-state index < -0.39 is 0 Å². The predicted molar refractivity (Wildman–Crippen MR) is 97.8 cm³/mol. The molecule has 2 heterocycles. The first-order valence-electron chi connectivity index (χ1n) is 9.26. The molecule has 25 heavy (non-hydrogen) atoms. The molecule has 1 atom stereocenters. The van der Waals surface area contributed by atoms with Crippen molar-refractivity contribution < 1.29 is 14.6 Å². The Labute approximate surface area is 150 Å². The summed E-state index contributed by atoms with van der Waals surface area (Å²) in [6.07, 6.45) is 1.05. The third-order valence-corrected chi connectivity index (χ3v) is 5.27. The zero-order valence-electron chi connectivity index (χ0n) is 15.6. The lowest BCUT2D eigenvalue weighted by Gasteiger charge is -2.38. The lowest BCUT2D eigenvalue weighted by molar-refractivity contribution is -0.132. The molecule has 2 aliphatic heterocycles. The quantitative estimate of drug-likeness (QED) is 0.902. The number of fused-ring (bicyclic) bond motifs is 1. The molecule has 3 rings (SSSR count). The van der Waals surface area contributed by atoms with Crippen LogP contribution in [0, 0.1) is 5.41 Å². The first-order chi connectivity index (χ1) is 11.8. The van der Waals surface area contributed by atoms with E-state index in [1.54, 1.807) is 0 Å². The van der Waals surface area contributed by atoms with Crippen molar-refractivity contribution in [1.29, 1.82) is 0 Å². The Morgan fingerprint density at radius 2 is 1.96 bits per heavy atom. The number of amides is 1. The molecular weight excluding hydrogens is 316 g/mol. The van der Waals surface area contributed by atoms with Gasteiger partial charge in [-0.1, -0.05) is 32.9 Å². The van der Waals surface area contributed by atoms with E-state index in [-0.39, 0.29) is 17.4 Å². The number of nitrogens with zero attached hydrogens (tertiary/aromatic N) is 2. The molecule has 1 aromatic carbocycles. The number of aliphatic hydroxyl groups excluding tert-OH is 1. The van der Waals surface area contributed by atoms with Crippen molar-refractivity contribution >= 4 is 5.91 Å². The van der Waals surface area contributed by atoms with Gasteiger partial charge in [-0.05, 0) is 22.6 Å². The van der Waals surface area contributed by atoms with E-state index in [1.807, 2.05) is 17.0 Å². The van der Waals surface area contributed by atoms with Gasteiger partial charge in [0.1, 0.15) is 5.75 Å². The second-order valence-electron chi connectivity index (χ2n) is 8.28. The molecule has 0 radical (unpaired) electrons. The van der Waals surface area contributed by atoms with Crippen molar-refractivity contribution in [3.8, 4) is 5.75 Å². The largest absolute Gasteiger partial charge is 0.493 e. The van der Waals surface area contributed by atoms with Crippen LogP contribution in [0.2, 0.25) is 0 Å². The van der Waals surface area contributed by atoms with E-state index in [0.29, 0.717) is 13.0 Å². The van der Waals surface area contributed by atoms with Gasteiger partial charge in [-0.15, -0.1) is 0 Å². The Morgan fingerprint density at radius 1 is 1.24 bits per heavy atom. The molecule has 1 aromatic rings. The van der Waals surface area contributed by atoms with Gasteiger partial charge in [0.2, 0.25) is 5.91 Å². The van der Waals surface area contributed by atoms with Gasteiger partial charge in [0.05, 0.1) is 19.1 Å². The van der Waals surface area contributed by atoms with E-state index in [0.717, 1.165) is 50.5 Å². The normalized spacial score (nSPS) is 19.4. The van der Waals surface area contributed by atoms with Crippen LogP contribution in [0.25, 0.3) is 0 Å². The van der Waals surface area contributed by atoms with Gasteiger partial charge in [0.25, 0.3) is 0 Å². The standard InChI is InChI=1S/C20H30N2O3/c1-20(2,3)18(23)14-21-7-9-22(10-8-21)19(24)13-15-4-5-17-16(12-15)6-11-25-17/h4-5,12,18,23H,6-11,13-14H2,1-3H3/t18-/m1/s1. The summed E-state index contributed by atoms with van der Waals surface area (Å²) < 4.78 is 5.52. The Balaban J connectivity index is 1.48. The summed E-state index contributed by atoms with van der Waals surface area (Å²) in [4.78, 5) is 16.8. The molecule has 138 valence electrons. The minimum atomic E-state index is -0.344. The average Bonchev–Trinajstić information content (AvgIpc) is 3.02. The smallest absolute Gasteiger partial charge is 0.227 e. The van der Waals surface area contributed by atoms with Crippen LogP contribution in [-0.2, 0) is 17.6 Å². The molecule has 0 spiro atoms. The molecule has 1 saturated heterocycles. The van der Waals surface area contributed by atoms with Gasteiger partial charge in [0, 0.05) is 39.1 Å². The zero-order valence-corrected chi connectivity index (χ0v) is 15.6. The number of aliphatic hydroxyl groups is 1. The number of carbonyl (C=O) groups excluding carboxylic acids is 1. The lowest BCUT2D eigenvalue weighted by Crippen LogP contribution is -2.52. The van der Waals surface area contributed by atoms with E-state index in [4.69, 9.17) is 4.74 Å². The van der Waals surface area contributed by atoms with Gasteiger partial charge >= 0.3 is 0 Å². The van der Waals surface area contributed by atoms with Crippen molar-refractivity contribution in [2.75, 3.05) is 39.3 Å². The number of piperazine rings is 1. The third-order valence-electron chi connectivity index (χ3n) is 5.27. The number of rotatable bonds is 4. The summed E-state index contributed by atoms with van der Waals surface area (Å²) in [6, 6.07) is 6.09. The molecule has 1 N–H and O–H groups in total. The fraction of sp³-hybridized carbons (Fsp3) is 0.650. The highest BCUT2D eigenvalue weighted by Crippen LogP contribution is 2.26. The molecule has 0 saturated carbocycles. The summed E-state index contributed by atoms with van der Waals surface area (Å²) in [5.74, 6) is 1.15. The maximum atomic E-state index is 12.6. The lowest BCUT2D eigenvalue weighted by atomic mass is 9.89. The maximum absolute atomic E-state index is 12.6. The van der Waals surface area contributed by atoms with E-state index in [2.05, 4.69) is 31.7 Å². The molecule has 0 bridgehead atoms. The summed E-state index contributed by atoms with van der Waals surface area (Å²) in [6.45, 7) is 10.7. The maximum Gasteiger partial charge on any atom is 0.227 e. The van der Waals surface area contributed by atoms with Crippen molar-refractivity contribution in [2.24, 2.45) is 5.41 Å². The predicted octanol–water partition coefficient (Wildman–Crippen LogP) is 1.72. The Bertz CT molecular complexity index is 616. The third kappa shape index (κ3) is 4.53. The van der Waals surface area contributed by atoms with E-state index in [1.165, 1.54) is 5.56 Å². The van der Waals surface area contributed by atoms with Crippen LogP contribution < -0.4 is 4.74 Å². The summed E-state index contributed by atoms with van der Waals surface area (Å²) in [5.41, 5.74) is 2.18. The average molecular weight is 346 g/mol. The van der Waals surface area contributed by atoms with Crippen molar-refractivity contribution in [3.63, 3.8) is 0 Å². The first-order valence-corrected chi connectivity index (χ1v) is 9.26. The fourth-order valence-electron chi connectivity index (χ4n) is 3.33. The Kier molecular flexibility index (Phi) is 5.35. The molecule has 5 nitrogen and oxygen atoms in total. The topological polar surface area (TPSA) is 53.0 Å². The molecule has 2 aliphatic rings. The summed E-state index contributed by atoms with van der Waals surface area (Å²) >= 11 is 0. The van der Waals surface area contributed by atoms with Crippen LogP contribution in [0.5, 0.6) is 5.75 Å². The molecule has 0 aromatic heterocycles. The minimum Gasteiger partial charge on any atom is -0.493 e. The Morgan fingerprint density at radius 3 is 2.64 bits per heavy atom. The van der Waals surface area contributed by atoms with Crippen LogP contribution in [0.4, 0.5) is 0 Å². The van der Waals surface area contributed by atoms with Crippen LogP contribution in [0.3, 0.4) is 0 Å². The van der Waals surface area contributed by atoms with Gasteiger partial charge in [0.15, 0.2) is 0 Å². The van der Waals surface area contributed by atoms with Crippen LogP contribution in [-0.4, -0.2) is 66.2 Å². The number of carbonyl (C=O) groups is 1. The van der Waals surface area contributed by atoms with E-state index >= 15 is 0 Å². The number of β-amino-alcohol motifs (C(OH)–C–C–N with tert-alkyl or cyclic N) is 1. The highest BCUT2D eigenvalue weighted by molar-refractivity contribution is 5.79. The number of hydrogen-bond acceptors (Lipinski definition) is 4. The van der Waals surface area contributed by atoms with Gasteiger partial charge in [-0.3, -0.25) is 9.69 Å². The minimum absolute atomic E-state index is 0.107. The SMILES string of the molecule is CC(C)(C)[C@H](O)CN1CCN(C(=O)Cc2ccc3c(c2)CCO3)CC1. The molecule has 1 amide bonds. The van der Waals surface area contributed by atoms with Gasteiger partial charge < -0.3 is 14.7 Å². The number of hydrogen-bond donors (Lipinski definition) is 1. The Hall–Kier alpha value is -1.59. The fourth-order valence-corrected chi connectivity index (χ4v) is 3.33. The number of ether oxygens (including phenoxy) is 1. The van der Waals surface area contributed by atoms with E-state index in [9.17, 15) is 9.90 Å². The number of benzene rings is 1. The zero-order chi connectivity index (χ0) is 18.0. The molecule has 0 unspecified atom stereocenters. The second kappa shape index (κ2) is 7.34. The molecule has 0 aliphatic carbocycles. The summed E-state index contributed by atoms with van der Waals surface area (Å²) in [5, 5.41) is 10.3. The molecule has 5 heteroatoms. The monoisotopic (exact) mass is 346 g/mol. The second-order valence-corrected chi connectivity index (χ2v) is 8.28. The van der Waals surface area contributed by atoms with Crippen molar-refractivity contribution in [3.05, 3.63) is 29.3 Å². The first kappa shape index (κ1) is 18.2. The highest BCUT2D eigenvalue weighted by atomic mass is 16.5. The van der Waals surface area contributed by atoms with Crippen molar-refractivity contribution in [1.82, 2.24) is 9.80 Å². The van der Waals surface area contributed by atoms with Gasteiger partial charge in [-0.25, -0.2) is 0 Å².